The number of aromatic nitrogens is 3. The van der Waals surface area contributed by atoms with E-state index in [0.29, 0.717) is 6.54 Å². The molecular weight excluding hydrogens is 226 g/mol. The Balaban J connectivity index is 2.09. The van der Waals surface area contributed by atoms with Crippen molar-refractivity contribution in [3.8, 4) is 0 Å². The minimum Gasteiger partial charge on any atom is -0.329 e. The molecule has 0 aromatic carbocycles. The largest absolute Gasteiger partial charge is 0.329 e. The van der Waals surface area contributed by atoms with Crippen molar-refractivity contribution in [2.75, 3.05) is 13.6 Å². The van der Waals surface area contributed by atoms with Gasteiger partial charge in [-0.3, -0.25) is 9.88 Å². The van der Waals surface area contributed by atoms with Gasteiger partial charge in [-0.15, -0.1) is 0 Å². The van der Waals surface area contributed by atoms with E-state index in [0.717, 1.165) is 12.2 Å². The molecule has 18 heavy (non-hydrogen) atoms. The van der Waals surface area contributed by atoms with Crippen molar-refractivity contribution in [2.45, 2.75) is 12.6 Å². The molecule has 2 aromatic heterocycles. The highest BCUT2D eigenvalue weighted by Crippen LogP contribution is 2.17. The van der Waals surface area contributed by atoms with Gasteiger partial charge >= 0.3 is 0 Å². The van der Waals surface area contributed by atoms with E-state index in [2.05, 4.69) is 19.9 Å². The lowest BCUT2D eigenvalue weighted by molar-refractivity contribution is 0.237. The smallest absolute Gasteiger partial charge is 0.115 e. The number of rotatable bonds is 5. The second-order valence-corrected chi connectivity index (χ2v) is 4.16. The highest BCUT2D eigenvalue weighted by atomic mass is 15.1. The molecule has 2 rings (SSSR count). The van der Waals surface area contributed by atoms with E-state index < -0.39 is 0 Å². The second-order valence-electron chi connectivity index (χ2n) is 4.16. The number of likely N-dealkylation sites (N-methyl/N-ethyl adjacent to an activating group) is 1. The fraction of sp³-hybridized carbons (Fsp3) is 0.308. The zero-order valence-corrected chi connectivity index (χ0v) is 10.4. The normalized spacial score (nSPS) is 12.6. The van der Waals surface area contributed by atoms with E-state index in [1.54, 1.807) is 24.9 Å². The van der Waals surface area contributed by atoms with Gasteiger partial charge in [0.1, 0.15) is 6.33 Å². The first-order valence-corrected chi connectivity index (χ1v) is 5.86. The summed E-state index contributed by atoms with van der Waals surface area (Å²) >= 11 is 0. The van der Waals surface area contributed by atoms with Gasteiger partial charge in [-0.05, 0) is 30.8 Å². The van der Waals surface area contributed by atoms with Crippen LogP contribution in [-0.2, 0) is 6.54 Å². The van der Waals surface area contributed by atoms with Crippen molar-refractivity contribution in [2.24, 2.45) is 5.73 Å². The molecule has 1 atom stereocenters. The highest BCUT2D eigenvalue weighted by Gasteiger charge is 2.16. The molecule has 0 saturated heterocycles. The average molecular weight is 243 g/mol. The van der Waals surface area contributed by atoms with Crippen molar-refractivity contribution in [1.29, 1.82) is 0 Å². The van der Waals surface area contributed by atoms with E-state index in [9.17, 15) is 0 Å². The van der Waals surface area contributed by atoms with Gasteiger partial charge in [-0.2, -0.15) is 0 Å². The number of nitrogens with zero attached hydrogens (tertiary/aromatic N) is 4. The van der Waals surface area contributed by atoms with Gasteiger partial charge in [0, 0.05) is 31.7 Å². The van der Waals surface area contributed by atoms with Crippen LogP contribution in [0.2, 0.25) is 0 Å². The summed E-state index contributed by atoms with van der Waals surface area (Å²) in [5.74, 6) is 0. The third kappa shape index (κ3) is 3.09. The fourth-order valence-electron chi connectivity index (χ4n) is 1.91. The maximum Gasteiger partial charge on any atom is 0.115 e. The molecule has 0 spiro atoms. The Morgan fingerprint density at radius 3 is 2.50 bits per heavy atom. The fourth-order valence-corrected chi connectivity index (χ4v) is 1.91. The van der Waals surface area contributed by atoms with Gasteiger partial charge in [0.2, 0.25) is 0 Å². The van der Waals surface area contributed by atoms with E-state index in [-0.39, 0.29) is 6.04 Å². The summed E-state index contributed by atoms with van der Waals surface area (Å²) in [4.78, 5) is 14.4. The highest BCUT2D eigenvalue weighted by molar-refractivity contribution is 5.11. The van der Waals surface area contributed by atoms with E-state index >= 15 is 0 Å². The van der Waals surface area contributed by atoms with Crippen LogP contribution in [0, 0.1) is 0 Å². The molecule has 0 aliphatic heterocycles. The Kier molecular flexibility index (Phi) is 4.33. The van der Waals surface area contributed by atoms with Crippen molar-refractivity contribution >= 4 is 0 Å². The summed E-state index contributed by atoms with van der Waals surface area (Å²) in [5, 5.41) is 0. The molecule has 1 unspecified atom stereocenters. The molecule has 0 aliphatic carbocycles. The molecule has 5 nitrogen and oxygen atoms in total. The molecule has 2 N–H and O–H groups in total. The molecule has 0 bridgehead atoms. The van der Waals surface area contributed by atoms with Crippen LogP contribution in [-0.4, -0.2) is 33.4 Å². The first kappa shape index (κ1) is 12.6. The third-order valence-corrected chi connectivity index (χ3v) is 2.88. The van der Waals surface area contributed by atoms with Crippen molar-refractivity contribution < 1.29 is 0 Å². The van der Waals surface area contributed by atoms with Crippen molar-refractivity contribution in [1.82, 2.24) is 19.9 Å². The van der Waals surface area contributed by atoms with Crippen LogP contribution >= 0.6 is 0 Å². The Bertz CT molecular complexity index is 459. The van der Waals surface area contributed by atoms with Crippen LogP contribution < -0.4 is 5.73 Å². The van der Waals surface area contributed by atoms with Crippen LogP contribution in [0.15, 0.2) is 43.1 Å². The Labute approximate surface area is 107 Å². The second kappa shape index (κ2) is 6.18. The van der Waals surface area contributed by atoms with Gasteiger partial charge < -0.3 is 5.73 Å². The third-order valence-electron chi connectivity index (χ3n) is 2.88. The van der Waals surface area contributed by atoms with Gasteiger partial charge in [-0.1, -0.05) is 0 Å². The van der Waals surface area contributed by atoms with Crippen LogP contribution in [0.25, 0.3) is 0 Å². The Morgan fingerprint density at radius 2 is 1.89 bits per heavy atom. The lowest BCUT2D eigenvalue weighted by atomic mass is 10.1. The zero-order valence-electron chi connectivity index (χ0n) is 10.4. The lowest BCUT2D eigenvalue weighted by Crippen LogP contribution is -2.30. The van der Waals surface area contributed by atoms with Crippen LogP contribution in [0.1, 0.15) is 17.3 Å². The van der Waals surface area contributed by atoms with Crippen LogP contribution in [0.3, 0.4) is 0 Å². The zero-order chi connectivity index (χ0) is 12.8. The summed E-state index contributed by atoms with van der Waals surface area (Å²) in [5.41, 5.74) is 8.00. The lowest BCUT2D eigenvalue weighted by Gasteiger charge is -2.26. The molecule has 5 heteroatoms. The molecule has 0 aliphatic rings. The summed E-state index contributed by atoms with van der Waals surface area (Å²) in [6.45, 7) is 1.34. The standard InChI is InChI=1S/C13H17N5/c1-18(9-11-2-5-15-6-3-11)13(8-14)12-4-7-16-10-17-12/h2-7,10,13H,8-9,14H2,1H3. The van der Waals surface area contributed by atoms with Gasteiger partial charge in [0.15, 0.2) is 0 Å². The van der Waals surface area contributed by atoms with E-state index in [1.165, 1.54) is 5.56 Å². The number of hydrogen-bond donors (Lipinski definition) is 1. The predicted octanol–water partition coefficient (Wildman–Crippen LogP) is 1.00. The first-order valence-electron chi connectivity index (χ1n) is 5.86. The molecule has 0 saturated carbocycles. The monoisotopic (exact) mass is 243 g/mol. The predicted molar refractivity (Wildman–Crippen MR) is 69.5 cm³/mol. The molecular formula is C13H17N5. The minimum absolute atomic E-state index is 0.0983. The maximum absolute atomic E-state index is 5.84. The number of nitrogens with two attached hydrogens (primary N) is 1. The maximum atomic E-state index is 5.84. The summed E-state index contributed by atoms with van der Waals surface area (Å²) in [6.07, 6.45) is 6.89. The van der Waals surface area contributed by atoms with Gasteiger partial charge in [0.25, 0.3) is 0 Å². The van der Waals surface area contributed by atoms with Crippen molar-refractivity contribution in [3.63, 3.8) is 0 Å². The molecule has 2 heterocycles. The molecule has 0 fully saturated rings. The quantitative estimate of drug-likeness (QED) is 0.848. The summed E-state index contributed by atoms with van der Waals surface area (Å²) in [6, 6.07) is 6.01. The Hall–Kier alpha value is -1.85. The van der Waals surface area contributed by atoms with Gasteiger partial charge in [-0.25, -0.2) is 9.97 Å². The van der Waals surface area contributed by atoms with Crippen LogP contribution in [0.4, 0.5) is 0 Å². The Morgan fingerprint density at radius 1 is 1.17 bits per heavy atom. The molecule has 0 radical (unpaired) electrons. The minimum atomic E-state index is 0.0983. The van der Waals surface area contributed by atoms with E-state index in [4.69, 9.17) is 5.73 Å². The topological polar surface area (TPSA) is 67.9 Å². The summed E-state index contributed by atoms with van der Waals surface area (Å²) < 4.78 is 0. The van der Waals surface area contributed by atoms with Crippen LogP contribution in [0.5, 0.6) is 0 Å². The van der Waals surface area contributed by atoms with Gasteiger partial charge in [0.05, 0.1) is 11.7 Å². The number of hydrogen-bond acceptors (Lipinski definition) is 5. The molecule has 2 aromatic rings. The number of pyridine rings is 1. The average Bonchev–Trinajstić information content (AvgIpc) is 2.42. The van der Waals surface area contributed by atoms with E-state index in [1.807, 2.05) is 25.2 Å². The molecule has 94 valence electrons. The SMILES string of the molecule is CN(Cc1ccncc1)C(CN)c1ccncn1. The van der Waals surface area contributed by atoms with Crippen molar-refractivity contribution in [3.05, 3.63) is 54.4 Å². The summed E-state index contributed by atoms with van der Waals surface area (Å²) in [7, 11) is 2.04. The molecule has 0 amide bonds. The first-order chi connectivity index (χ1) is 8.81.